The Hall–Kier alpha value is -3.31. The van der Waals surface area contributed by atoms with Crippen molar-refractivity contribution >= 4 is 30.0 Å². The third-order valence-corrected chi connectivity index (χ3v) is 6.41. The molecule has 0 bridgehead atoms. The zero-order valence-corrected chi connectivity index (χ0v) is 28.9. The van der Waals surface area contributed by atoms with E-state index in [9.17, 15) is 24.0 Å². The van der Waals surface area contributed by atoms with Gasteiger partial charge in [0.1, 0.15) is 17.8 Å². The average molecular weight is 627 g/mol. The van der Waals surface area contributed by atoms with Crippen LogP contribution in [0, 0.1) is 11.3 Å². The smallest absolute Gasteiger partial charge is 0.407 e. The van der Waals surface area contributed by atoms with E-state index in [1.165, 1.54) is 11.0 Å². The topological polar surface area (TPSA) is 152 Å². The summed E-state index contributed by atoms with van der Waals surface area (Å²) in [5.41, 5.74) is -2.62. The van der Waals surface area contributed by atoms with Gasteiger partial charge in [0.05, 0.1) is 5.41 Å². The summed E-state index contributed by atoms with van der Waals surface area (Å²) in [6.45, 7) is 24.1. The standard InChI is InChI=1S/C32H58N4O8/c1-13-22-42-26(39)31(9,10)16-17-32(11,12)35-25(38)23(2)14-15-24(37)36(20-18-33-27(40)43-29(3,4)5)21-19-34-28(41)44-30(6,7)8/h13,23H,1,14-22H2,2-12H3,(H,33,40)(H,34,41)(H,35,38)/t23-/m0/s1. The number of nitrogens with one attached hydrogen (secondary N) is 3. The van der Waals surface area contributed by atoms with Gasteiger partial charge in [-0.1, -0.05) is 19.6 Å². The monoisotopic (exact) mass is 626 g/mol. The van der Waals surface area contributed by atoms with Crippen LogP contribution in [0.3, 0.4) is 0 Å². The van der Waals surface area contributed by atoms with Gasteiger partial charge in [-0.15, -0.1) is 0 Å². The van der Waals surface area contributed by atoms with Crippen molar-refractivity contribution in [3.63, 3.8) is 0 Å². The SMILES string of the molecule is C=CCOC(=O)C(C)(C)CCC(C)(C)NC(=O)[C@@H](C)CCC(=O)N(CCNC(=O)OC(C)(C)C)CCNC(=O)OC(C)(C)C. The number of carbonyl (C=O) groups excluding carboxylic acids is 5. The molecule has 1 atom stereocenters. The van der Waals surface area contributed by atoms with E-state index in [0.29, 0.717) is 19.3 Å². The minimum Gasteiger partial charge on any atom is -0.461 e. The maximum Gasteiger partial charge on any atom is 0.407 e. The number of hydrogen-bond donors (Lipinski definition) is 3. The van der Waals surface area contributed by atoms with Gasteiger partial charge in [-0.25, -0.2) is 9.59 Å². The summed E-state index contributed by atoms with van der Waals surface area (Å²) in [6, 6.07) is 0. The van der Waals surface area contributed by atoms with Crippen LogP contribution in [-0.4, -0.2) is 84.4 Å². The van der Waals surface area contributed by atoms with Gasteiger partial charge in [-0.05, 0) is 88.5 Å². The van der Waals surface area contributed by atoms with Crippen LogP contribution in [0.25, 0.3) is 0 Å². The molecule has 0 aromatic carbocycles. The Balaban J connectivity index is 5.10. The summed E-state index contributed by atoms with van der Waals surface area (Å²) >= 11 is 0. The zero-order valence-electron chi connectivity index (χ0n) is 28.9. The number of carbonyl (C=O) groups is 5. The summed E-state index contributed by atoms with van der Waals surface area (Å²) in [5, 5.41) is 8.32. The molecule has 0 rings (SSSR count). The Bertz CT molecular complexity index is 946. The lowest BCUT2D eigenvalue weighted by Crippen LogP contribution is -2.47. The van der Waals surface area contributed by atoms with E-state index in [1.807, 2.05) is 27.7 Å². The summed E-state index contributed by atoms with van der Waals surface area (Å²) in [7, 11) is 0. The van der Waals surface area contributed by atoms with Gasteiger partial charge in [-0.3, -0.25) is 14.4 Å². The number of alkyl carbamates (subject to hydrolysis) is 2. The molecule has 4 amide bonds. The number of amides is 4. The molecule has 0 saturated heterocycles. The highest BCUT2D eigenvalue weighted by Crippen LogP contribution is 2.28. The first-order valence-corrected chi connectivity index (χ1v) is 15.3. The van der Waals surface area contributed by atoms with Gasteiger partial charge >= 0.3 is 18.2 Å². The first-order valence-electron chi connectivity index (χ1n) is 15.3. The molecule has 44 heavy (non-hydrogen) atoms. The molecule has 0 unspecified atom stereocenters. The predicted molar refractivity (Wildman–Crippen MR) is 170 cm³/mol. The van der Waals surface area contributed by atoms with Crippen LogP contribution < -0.4 is 16.0 Å². The highest BCUT2D eigenvalue weighted by Gasteiger charge is 2.33. The largest absolute Gasteiger partial charge is 0.461 e. The van der Waals surface area contributed by atoms with Crippen molar-refractivity contribution in [3.05, 3.63) is 12.7 Å². The third kappa shape index (κ3) is 19.1. The van der Waals surface area contributed by atoms with Gasteiger partial charge in [0, 0.05) is 44.1 Å². The Labute approximate surface area is 264 Å². The molecule has 0 radical (unpaired) electrons. The highest BCUT2D eigenvalue weighted by molar-refractivity contribution is 5.81. The average Bonchev–Trinajstić information content (AvgIpc) is 2.85. The van der Waals surface area contributed by atoms with Crippen molar-refractivity contribution in [2.75, 3.05) is 32.8 Å². The second kappa shape index (κ2) is 17.9. The first-order chi connectivity index (χ1) is 20.0. The summed E-state index contributed by atoms with van der Waals surface area (Å²) in [5.74, 6) is -1.19. The van der Waals surface area contributed by atoms with E-state index in [-0.39, 0.29) is 57.0 Å². The molecular weight excluding hydrogens is 568 g/mol. The molecule has 0 aromatic heterocycles. The normalized spacial score (nSPS) is 12.8. The molecule has 0 fully saturated rings. The van der Waals surface area contributed by atoms with Crippen molar-refractivity contribution in [1.82, 2.24) is 20.9 Å². The van der Waals surface area contributed by atoms with Crippen LogP contribution in [-0.2, 0) is 28.6 Å². The van der Waals surface area contributed by atoms with E-state index in [2.05, 4.69) is 22.5 Å². The van der Waals surface area contributed by atoms with E-state index in [1.54, 1.807) is 48.5 Å². The first kappa shape index (κ1) is 40.7. The third-order valence-electron chi connectivity index (χ3n) is 6.41. The fraction of sp³-hybridized carbons (Fsp3) is 0.781. The fourth-order valence-electron chi connectivity index (χ4n) is 3.78. The second-order valence-corrected chi connectivity index (χ2v) is 14.3. The molecule has 3 N–H and O–H groups in total. The van der Waals surface area contributed by atoms with Crippen molar-refractivity contribution in [3.8, 4) is 0 Å². The second-order valence-electron chi connectivity index (χ2n) is 14.3. The Morgan fingerprint density at radius 2 is 1.27 bits per heavy atom. The quantitative estimate of drug-likeness (QED) is 0.119. The Kier molecular flexibility index (Phi) is 16.5. The number of hydrogen-bond acceptors (Lipinski definition) is 8. The van der Waals surface area contributed by atoms with Crippen molar-refractivity contribution in [2.45, 2.75) is 119 Å². The Morgan fingerprint density at radius 3 is 1.70 bits per heavy atom. The van der Waals surface area contributed by atoms with Crippen molar-refractivity contribution < 1.29 is 38.2 Å². The van der Waals surface area contributed by atoms with Crippen LogP contribution in [0.15, 0.2) is 12.7 Å². The van der Waals surface area contributed by atoms with Crippen LogP contribution in [0.1, 0.15) is 102 Å². The number of ether oxygens (including phenoxy) is 3. The lowest BCUT2D eigenvalue weighted by molar-refractivity contribution is -0.153. The summed E-state index contributed by atoms with van der Waals surface area (Å²) < 4.78 is 15.7. The van der Waals surface area contributed by atoms with Crippen LogP contribution >= 0.6 is 0 Å². The molecule has 0 aliphatic carbocycles. The van der Waals surface area contributed by atoms with Gasteiger partial charge < -0.3 is 35.1 Å². The van der Waals surface area contributed by atoms with Crippen molar-refractivity contribution in [2.24, 2.45) is 11.3 Å². The maximum absolute atomic E-state index is 13.2. The molecular formula is C32H58N4O8. The van der Waals surface area contributed by atoms with E-state index in [4.69, 9.17) is 14.2 Å². The minimum absolute atomic E-state index is 0.0933. The molecule has 0 saturated carbocycles. The zero-order chi connectivity index (χ0) is 34.4. The van der Waals surface area contributed by atoms with Crippen LogP contribution in [0.4, 0.5) is 9.59 Å². The fourth-order valence-corrected chi connectivity index (χ4v) is 3.78. The Morgan fingerprint density at radius 1 is 0.795 bits per heavy atom. The van der Waals surface area contributed by atoms with Gasteiger partial charge in [0.25, 0.3) is 0 Å². The van der Waals surface area contributed by atoms with Crippen LogP contribution in [0.5, 0.6) is 0 Å². The molecule has 254 valence electrons. The lowest BCUT2D eigenvalue weighted by Gasteiger charge is -2.32. The van der Waals surface area contributed by atoms with Crippen molar-refractivity contribution in [1.29, 1.82) is 0 Å². The number of nitrogens with zero attached hydrogens (tertiary/aromatic N) is 1. The molecule has 0 heterocycles. The molecule has 0 aliphatic rings. The van der Waals surface area contributed by atoms with Gasteiger partial charge in [0.2, 0.25) is 11.8 Å². The lowest BCUT2D eigenvalue weighted by atomic mass is 9.82. The number of rotatable bonds is 17. The highest BCUT2D eigenvalue weighted by atomic mass is 16.6. The molecule has 12 heteroatoms. The number of esters is 1. The van der Waals surface area contributed by atoms with E-state index < -0.39 is 40.3 Å². The van der Waals surface area contributed by atoms with E-state index in [0.717, 1.165) is 0 Å². The summed E-state index contributed by atoms with van der Waals surface area (Å²) in [6.07, 6.45) is 1.77. The molecule has 12 nitrogen and oxygen atoms in total. The minimum atomic E-state index is -0.719. The predicted octanol–water partition coefficient (Wildman–Crippen LogP) is 4.71. The van der Waals surface area contributed by atoms with Gasteiger partial charge in [-0.2, -0.15) is 0 Å². The maximum atomic E-state index is 13.2. The molecule has 0 spiro atoms. The van der Waals surface area contributed by atoms with E-state index >= 15 is 0 Å². The molecule has 0 aliphatic heterocycles. The summed E-state index contributed by atoms with van der Waals surface area (Å²) in [4.78, 5) is 64.1. The van der Waals surface area contributed by atoms with Crippen LogP contribution in [0.2, 0.25) is 0 Å². The van der Waals surface area contributed by atoms with Gasteiger partial charge in [0.15, 0.2) is 0 Å². The molecule has 0 aromatic rings.